The van der Waals surface area contributed by atoms with E-state index in [4.69, 9.17) is 16.3 Å². The van der Waals surface area contributed by atoms with Crippen LogP contribution in [0.15, 0.2) is 52.2 Å². The summed E-state index contributed by atoms with van der Waals surface area (Å²) in [6.45, 7) is -0.826. The molecule has 1 heterocycles. The standard InChI is InChI=1S/C19H17ClF3N3O4S/c1-30-9-8-26(11-17-24-15-5-3-2-4-13(15)18(27)25-17)31(28,29)16-7-6-12(20)10-14(16)19(21,22)23/h2-7,10H,8-9,11H2,1H3,(H,24,25,27). The molecule has 1 N–H and O–H groups in total. The third kappa shape index (κ3) is 5.06. The summed E-state index contributed by atoms with van der Waals surface area (Å²) in [5.41, 5.74) is -1.55. The van der Waals surface area contributed by atoms with E-state index in [2.05, 4.69) is 9.97 Å². The topological polar surface area (TPSA) is 92.4 Å². The number of ether oxygens (including phenoxy) is 1. The molecule has 7 nitrogen and oxygen atoms in total. The third-order valence-electron chi connectivity index (χ3n) is 4.40. The summed E-state index contributed by atoms with van der Waals surface area (Å²) in [5.74, 6) is -0.0223. The lowest BCUT2D eigenvalue weighted by atomic mass is 10.2. The number of para-hydroxylation sites is 1. The van der Waals surface area contributed by atoms with Gasteiger partial charge in [-0.25, -0.2) is 13.4 Å². The monoisotopic (exact) mass is 475 g/mol. The maximum absolute atomic E-state index is 13.5. The van der Waals surface area contributed by atoms with Crippen LogP contribution in [0.1, 0.15) is 11.4 Å². The van der Waals surface area contributed by atoms with E-state index in [1.807, 2.05) is 0 Å². The number of halogens is 4. The van der Waals surface area contributed by atoms with E-state index in [1.54, 1.807) is 24.3 Å². The molecule has 1 aromatic heterocycles. The summed E-state index contributed by atoms with van der Waals surface area (Å²) in [4.78, 5) is 18.0. The fourth-order valence-corrected chi connectivity index (χ4v) is 4.69. The highest BCUT2D eigenvalue weighted by atomic mass is 35.5. The molecule has 31 heavy (non-hydrogen) atoms. The van der Waals surface area contributed by atoms with Crippen molar-refractivity contribution in [3.8, 4) is 0 Å². The fourth-order valence-electron chi connectivity index (χ4n) is 2.94. The molecule has 0 saturated carbocycles. The van der Waals surface area contributed by atoms with Crippen LogP contribution >= 0.6 is 11.6 Å². The first kappa shape index (κ1) is 23.2. The lowest BCUT2D eigenvalue weighted by Crippen LogP contribution is -2.35. The zero-order valence-electron chi connectivity index (χ0n) is 16.1. The number of sulfonamides is 1. The van der Waals surface area contributed by atoms with Gasteiger partial charge in [0.05, 0.1) is 34.5 Å². The first-order valence-corrected chi connectivity index (χ1v) is 10.7. The molecule has 0 saturated heterocycles. The van der Waals surface area contributed by atoms with Crippen LogP contribution in [0.3, 0.4) is 0 Å². The highest BCUT2D eigenvalue weighted by Gasteiger charge is 2.39. The number of nitrogens with one attached hydrogen (secondary N) is 1. The molecule has 0 bridgehead atoms. The summed E-state index contributed by atoms with van der Waals surface area (Å²) < 4.78 is 72.5. The summed E-state index contributed by atoms with van der Waals surface area (Å²) in [5, 5.41) is 0.0462. The van der Waals surface area contributed by atoms with Crippen molar-refractivity contribution in [2.75, 3.05) is 20.3 Å². The van der Waals surface area contributed by atoms with Crippen molar-refractivity contribution in [1.82, 2.24) is 14.3 Å². The Morgan fingerprint density at radius 1 is 1.19 bits per heavy atom. The Morgan fingerprint density at radius 2 is 1.90 bits per heavy atom. The minimum Gasteiger partial charge on any atom is -0.383 e. The number of hydrogen-bond acceptors (Lipinski definition) is 5. The van der Waals surface area contributed by atoms with Crippen LogP contribution in [0.2, 0.25) is 5.02 Å². The minimum absolute atomic E-state index is 0.0223. The Balaban J connectivity index is 2.08. The van der Waals surface area contributed by atoms with Gasteiger partial charge in [-0.05, 0) is 30.3 Å². The van der Waals surface area contributed by atoms with Gasteiger partial charge in [0, 0.05) is 18.7 Å². The van der Waals surface area contributed by atoms with Gasteiger partial charge in [-0.2, -0.15) is 17.5 Å². The van der Waals surface area contributed by atoms with Gasteiger partial charge in [-0.1, -0.05) is 23.7 Å². The fraction of sp³-hybridized carbons (Fsp3) is 0.263. The van der Waals surface area contributed by atoms with Crippen molar-refractivity contribution in [1.29, 1.82) is 0 Å². The van der Waals surface area contributed by atoms with Crippen LogP contribution in [0.5, 0.6) is 0 Å². The van der Waals surface area contributed by atoms with Crippen LogP contribution < -0.4 is 5.56 Å². The summed E-state index contributed by atoms with van der Waals surface area (Å²) in [7, 11) is -3.33. The Hall–Kier alpha value is -2.47. The van der Waals surface area contributed by atoms with E-state index in [0.717, 1.165) is 16.4 Å². The maximum atomic E-state index is 13.5. The lowest BCUT2D eigenvalue weighted by molar-refractivity contribution is -0.139. The third-order valence-corrected chi connectivity index (χ3v) is 6.54. The van der Waals surface area contributed by atoms with Gasteiger partial charge in [0.15, 0.2) is 0 Å². The average Bonchev–Trinajstić information content (AvgIpc) is 2.70. The van der Waals surface area contributed by atoms with Crippen molar-refractivity contribution < 1.29 is 26.3 Å². The Labute approximate surface area is 180 Å². The summed E-state index contributed by atoms with van der Waals surface area (Å²) in [6.07, 6.45) is -4.95. The Kier molecular flexibility index (Phi) is 6.70. The number of fused-ring (bicyclic) bond motifs is 1. The van der Waals surface area contributed by atoms with E-state index in [9.17, 15) is 26.4 Å². The Bertz CT molecular complexity index is 1260. The van der Waals surface area contributed by atoms with Crippen LogP contribution in [0, 0.1) is 0 Å². The first-order valence-electron chi connectivity index (χ1n) is 8.88. The molecule has 0 unspecified atom stereocenters. The van der Waals surface area contributed by atoms with E-state index in [1.165, 1.54) is 7.11 Å². The van der Waals surface area contributed by atoms with Crippen LogP contribution in [0.4, 0.5) is 13.2 Å². The van der Waals surface area contributed by atoms with Gasteiger partial charge >= 0.3 is 6.18 Å². The maximum Gasteiger partial charge on any atom is 0.417 e. The molecule has 12 heteroatoms. The zero-order chi connectivity index (χ0) is 22.8. The zero-order valence-corrected chi connectivity index (χ0v) is 17.7. The van der Waals surface area contributed by atoms with E-state index >= 15 is 0 Å². The van der Waals surface area contributed by atoms with Gasteiger partial charge in [-0.15, -0.1) is 0 Å². The van der Waals surface area contributed by atoms with Gasteiger partial charge < -0.3 is 9.72 Å². The lowest BCUT2D eigenvalue weighted by Gasteiger charge is -2.23. The summed E-state index contributed by atoms with van der Waals surface area (Å²) >= 11 is 5.66. The van der Waals surface area contributed by atoms with E-state index in [-0.39, 0.29) is 24.0 Å². The Morgan fingerprint density at radius 3 is 2.58 bits per heavy atom. The average molecular weight is 476 g/mol. The number of benzene rings is 2. The van der Waals surface area contributed by atoms with Crippen LogP contribution in [-0.4, -0.2) is 43.0 Å². The van der Waals surface area contributed by atoms with Crippen molar-refractivity contribution >= 4 is 32.5 Å². The first-order chi connectivity index (χ1) is 14.5. The molecule has 0 radical (unpaired) electrons. The quantitative estimate of drug-likeness (QED) is 0.565. The van der Waals surface area contributed by atoms with Crippen LogP contribution in [0.25, 0.3) is 10.9 Å². The molecule has 2 aromatic carbocycles. The smallest absolute Gasteiger partial charge is 0.383 e. The predicted octanol–water partition coefficient (Wildman–Crippen LogP) is 3.43. The molecule has 166 valence electrons. The molecule has 0 spiro atoms. The normalized spacial score (nSPS) is 12.6. The number of aromatic nitrogens is 2. The molecule has 0 amide bonds. The molecule has 0 aliphatic heterocycles. The molecule has 3 rings (SSSR count). The number of nitrogens with zero attached hydrogens (tertiary/aromatic N) is 2. The van der Waals surface area contributed by atoms with E-state index in [0.29, 0.717) is 17.0 Å². The number of H-pyrrole nitrogens is 1. The number of hydrogen-bond donors (Lipinski definition) is 1. The SMILES string of the molecule is COCCN(Cc1nc2ccccc2c(=O)[nH]1)S(=O)(=O)c1ccc(Cl)cc1C(F)(F)F. The second-order valence-electron chi connectivity index (χ2n) is 6.50. The molecular weight excluding hydrogens is 459 g/mol. The van der Waals surface area contributed by atoms with Gasteiger partial charge in [-0.3, -0.25) is 4.79 Å². The number of alkyl halides is 3. The van der Waals surface area contributed by atoms with Crippen molar-refractivity contribution in [3.05, 3.63) is 69.2 Å². The van der Waals surface area contributed by atoms with Gasteiger partial charge in [0.1, 0.15) is 5.82 Å². The molecular formula is C19H17ClF3N3O4S. The second kappa shape index (κ2) is 8.95. The molecule has 3 aromatic rings. The van der Waals surface area contributed by atoms with Crippen molar-refractivity contribution in [2.24, 2.45) is 0 Å². The van der Waals surface area contributed by atoms with Crippen LogP contribution in [-0.2, 0) is 27.5 Å². The minimum atomic E-state index is -4.95. The number of rotatable bonds is 7. The summed E-state index contributed by atoms with van der Waals surface area (Å²) in [6, 6.07) is 8.84. The molecule has 0 fully saturated rings. The van der Waals surface area contributed by atoms with Gasteiger partial charge in [0.2, 0.25) is 10.0 Å². The largest absolute Gasteiger partial charge is 0.417 e. The predicted molar refractivity (Wildman–Crippen MR) is 108 cm³/mol. The number of aromatic amines is 1. The molecule has 0 atom stereocenters. The van der Waals surface area contributed by atoms with E-state index < -0.39 is 38.8 Å². The second-order valence-corrected chi connectivity index (χ2v) is 8.84. The van der Waals surface area contributed by atoms with Gasteiger partial charge in [0.25, 0.3) is 5.56 Å². The molecule has 0 aliphatic carbocycles. The highest BCUT2D eigenvalue weighted by molar-refractivity contribution is 7.89. The van der Waals surface area contributed by atoms with Crippen molar-refractivity contribution in [3.63, 3.8) is 0 Å². The molecule has 0 aliphatic rings. The highest BCUT2D eigenvalue weighted by Crippen LogP contribution is 2.37. The van der Waals surface area contributed by atoms with Crippen molar-refractivity contribution in [2.45, 2.75) is 17.6 Å². The number of methoxy groups -OCH3 is 1.